The third-order valence-corrected chi connectivity index (χ3v) is 2.42. The predicted molar refractivity (Wildman–Crippen MR) is 62.3 cm³/mol. The number of aryl methyl sites for hydroxylation is 1. The molecule has 0 aliphatic heterocycles. The number of aromatic nitrogens is 1. The van der Waals surface area contributed by atoms with Crippen LogP contribution in [0.1, 0.15) is 5.56 Å². The second-order valence-corrected chi connectivity index (χ2v) is 3.57. The van der Waals surface area contributed by atoms with E-state index >= 15 is 0 Å². The lowest BCUT2D eigenvalue weighted by molar-refractivity contribution is 0.471. The highest BCUT2D eigenvalue weighted by molar-refractivity contribution is 5.66. The molecular weight excluding hydrogens is 202 g/mol. The van der Waals surface area contributed by atoms with Gasteiger partial charge in [-0.05, 0) is 36.2 Å². The second-order valence-electron chi connectivity index (χ2n) is 3.57. The van der Waals surface area contributed by atoms with E-state index in [4.69, 9.17) is 0 Å². The van der Waals surface area contributed by atoms with Crippen LogP contribution in [0, 0.1) is 6.92 Å². The van der Waals surface area contributed by atoms with Gasteiger partial charge in [0.25, 0.3) is 0 Å². The molecule has 2 rings (SSSR count). The first-order valence-corrected chi connectivity index (χ1v) is 4.93. The SMILES string of the molecule is Cc1ccncc1-c1cccc(=O)c(O)c1. The van der Waals surface area contributed by atoms with Crippen LogP contribution >= 0.6 is 0 Å². The highest BCUT2D eigenvalue weighted by atomic mass is 16.3. The zero-order valence-electron chi connectivity index (χ0n) is 8.84. The van der Waals surface area contributed by atoms with Crippen molar-refractivity contribution < 1.29 is 5.11 Å². The average Bonchev–Trinajstić information content (AvgIpc) is 2.43. The number of nitrogens with zero attached hydrogens (tertiary/aromatic N) is 1. The lowest BCUT2D eigenvalue weighted by atomic mass is 10.1. The third kappa shape index (κ3) is 1.93. The van der Waals surface area contributed by atoms with Gasteiger partial charge in [0.1, 0.15) is 0 Å². The van der Waals surface area contributed by atoms with Crippen LogP contribution in [0.3, 0.4) is 0 Å². The van der Waals surface area contributed by atoms with Gasteiger partial charge in [0.05, 0.1) is 0 Å². The minimum Gasteiger partial charge on any atom is -0.504 e. The zero-order valence-corrected chi connectivity index (χ0v) is 8.84. The Hall–Kier alpha value is -2.16. The lowest BCUT2D eigenvalue weighted by Gasteiger charge is -2.02. The predicted octanol–water partition coefficient (Wildman–Crippen LogP) is 2.12. The zero-order chi connectivity index (χ0) is 11.5. The summed E-state index contributed by atoms with van der Waals surface area (Å²) in [6.07, 6.45) is 3.43. The summed E-state index contributed by atoms with van der Waals surface area (Å²) in [4.78, 5) is 15.3. The second kappa shape index (κ2) is 4.14. The van der Waals surface area contributed by atoms with Gasteiger partial charge >= 0.3 is 0 Å². The van der Waals surface area contributed by atoms with Gasteiger partial charge in [-0.1, -0.05) is 12.1 Å². The molecule has 80 valence electrons. The summed E-state index contributed by atoms with van der Waals surface area (Å²) in [6, 6.07) is 8.10. The number of pyridine rings is 1. The Balaban J connectivity index is 2.67. The van der Waals surface area contributed by atoms with Gasteiger partial charge in [-0.25, -0.2) is 0 Å². The Kier molecular flexibility index (Phi) is 2.68. The molecule has 2 aromatic rings. The highest BCUT2D eigenvalue weighted by Crippen LogP contribution is 2.22. The lowest BCUT2D eigenvalue weighted by Crippen LogP contribution is -1.91. The first-order valence-electron chi connectivity index (χ1n) is 4.93. The van der Waals surface area contributed by atoms with E-state index in [1.807, 2.05) is 13.0 Å². The summed E-state index contributed by atoms with van der Waals surface area (Å²) in [6.45, 7) is 1.96. The first-order chi connectivity index (χ1) is 7.68. The maximum atomic E-state index is 11.2. The summed E-state index contributed by atoms with van der Waals surface area (Å²) in [5.74, 6) is -0.247. The van der Waals surface area contributed by atoms with E-state index in [2.05, 4.69) is 4.98 Å². The van der Waals surface area contributed by atoms with Crippen molar-refractivity contribution in [2.45, 2.75) is 6.92 Å². The molecule has 0 aliphatic carbocycles. The van der Waals surface area contributed by atoms with Crippen LogP contribution < -0.4 is 5.43 Å². The third-order valence-electron chi connectivity index (χ3n) is 2.42. The van der Waals surface area contributed by atoms with Crippen LogP contribution in [0.25, 0.3) is 11.1 Å². The molecule has 1 heterocycles. The first kappa shape index (κ1) is 10.4. The van der Waals surface area contributed by atoms with Crippen molar-refractivity contribution in [1.29, 1.82) is 0 Å². The summed E-state index contributed by atoms with van der Waals surface area (Å²) in [5.41, 5.74) is 2.36. The van der Waals surface area contributed by atoms with Crippen molar-refractivity contribution in [2.24, 2.45) is 0 Å². The van der Waals surface area contributed by atoms with Gasteiger partial charge in [0.15, 0.2) is 5.75 Å². The summed E-state index contributed by atoms with van der Waals surface area (Å²) >= 11 is 0. The normalized spacial score (nSPS) is 10.1. The van der Waals surface area contributed by atoms with Crippen LogP contribution in [0.4, 0.5) is 0 Å². The Morgan fingerprint density at radius 3 is 2.81 bits per heavy atom. The molecule has 1 aromatic heterocycles. The van der Waals surface area contributed by atoms with Crippen molar-refractivity contribution in [3.8, 4) is 16.9 Å². The van der Waals surface area contributed by atoms with Gasteiger partial charge in [0, 0.05) is 18.0 Å². The molecule has 0 spiro atoms. The molecule has 1 N–H and O–H groups in total. The largest absolute Gasteiger partial charge is 0.504 e. The monoisotopic (exact) mass is 213 g/mol. The van der Waals surface area contributed by atoms with Crippen LogP contribution in [0.15, 0.2) is 47.5 Å². The molecule has 0 bridgehead atoms. The van der Waals surface area contributed by atoms with Crippen molar-refractivity contribution in [2.75, 3.05) is 0 Å². The van der Waals surface area contributed by atoms with E-state index in [0.29, 0.717) is 0 Å². The van der Waals surface area contributed by atoms with Gasteiger partial charge in [-0.3, -0.25) is 9.78 Å². The fourth-order valence-electron chi connectivity index (χ4n) is 1.52. The van der Waals surface area contributed by atoms with Gasteiger partial charge in [-0.15, -0.1) is 0 Å². The molecule has 3 nitrogen and oxygen atoms in total. The standard InChI is InChI=1S/C13H11NO2/c1-9-5-6-14-8-11(9)10-3-2-4-12(15)13(16)7-10/h2-8H,1H3,(H,15,16). The average molecular weight is 213 g/mol. The van der Waals surface area contributed by atoms with Crippen molar-refractivity contribution in [3.63, 3.8) is 0 Å². The molecule has 16 heavy (non-hydrogen) atoms. The molecular formula is C13H11NO2. The van der Waals surface area contributed by atoms with Crippen LogP contribution in [-0.2, 0) is 0 Å². The number of rotatable bonds is 1. The fourth-order valence-corrected chi connectivity index (χ4v) is 1.52. The quantitative estimate of drug-likeness (QED) is 0.789. The Morgan fingerprint density at radius 1 is 1.25 bits per heavy atom. The molecule has 0 fully saturated rings. The van der Waals surface area contributed by atoms with E-state index < -0.39 is 0 Å². The minimum atomic E-state index is -0.382. The Labute approximate surface area is 93.0 Å². The maximum absolute atomic E-state index is 11.2. The molecule has 1 aromatic carbocycles. The van der Waals surface area contributed by atoms with Gasteiger partial charge in [-0.2, -0.15) is 0 Å². The Bertz CT molecular complexity index is 579. The van der Waals surface area contributed by atoms with Crippen molar-refractivity contribution in [3.05, 3.63) is 58.5 Å². The minimum absolute atomic E-state index is 0.247. The maximum Gasteiger partial charge on any atom is 0.220 e. The van der Waals surface area contributed by atoms with Crippen molar-refractivity contribution in [1.82, 2.24) is 4.98 Å². The van der Waals surface area contributed by atoms with E-state index in [0.717, 1.165) is 16.7 Å². The van der Waals surface area contributed by atoms with E-state index in [9.17, 15) is 9.90 Å². The Morgan fingerprint density at radius 2 is 2.06 bits per heavy atom. The van der Waals surface area contributed by atoms with E-state index in [-0.39, 0.29) is 11.2 Å². The number of aromatic hydroxyl groups is 1. The van der Waals surface area contributed by atoms with Gasteiger partial charge < -0.3 is 5.11 Å². The summed E-state index contributed by atoms with van der Waals surface area (Å²) in [7, 11) is 0. The number of hydrogen-bond acceptors (Lipinski definition) is 3. The topological polar surface area (TPSA) is 50.2 Å². The molecule has 0 aliphatic rings. The van der Waals surface area contributed by atoms with E-state index in [1.54, 1.807) is 24.5 Å². The molecule has 0 amide bonds. The smallest absolute Gasteiger partial charge is 0.220 e. The van der Waals surface area contributed by atoms with Crippen LogP contribution in [-0.4, -0.2) is 10.1 Å². The van der Waals surface area contributed by atoms with Crippen LogP contribution in [0.2, 0.25) is 0 Å². The van der Waals surface area contributed by atoms with Crippen molar-refractivity contribution >= 4 is 0 Å². The van der Waals surface area contributed by atoms with Gasteiger partial charge in [0.2, 0.25) is 5.43 Å². The highest BCUT2D eigenvalue weighted by Gasteiger charge is 2.02. The molecule has 0 saturated heterocycles. The summed E-state index contributed by atoms with van der Waals surface area (Å²) in [5, 5.41) is 9.48. The van der Waals surface area contributed by atoms with E-state index in [1.165, 1.54) is 12.1 Å². The molecule has 3 heteroatoms. The number of hydrogen-bond donors (Lipinski definition) is 1. The molecule has 0 saturated carbocycles. The molecule has 0 atom stereocenters. The fraction of sp³-hybridized carbons (Fsp3) is 0.0769. The summed E-state index contributed by atoms with van der Waals surface area (Å²) < 4.78 is 0. The molecule has 0 unspecified atom stereocenters. The van der Waals surface area contributed by atoms with Crippen LogP contribution in [0.5, 0.6) is 5.75 Å². The molecule has 0 radical (unpaired) electrons.